The van der Waals surface area contributed by atoms with Crippen LogP contribution in [0, 0.1) is 5.82 Å². The maximum absolute atomic E-state index is 13.7. The minimum absolute atomic E-state index is 0.0771. The lowest BCUT2D eigenvalue weighted by Gasteiger charge is -2.27. The topological polar surface area (TPSA) is 62.6 Å². The molecular formula is C25H20ClFN2O3. The Bertz CT molecular complexity index is 1260. The van der Waals surface area contributed by atoms with Gasteiger partial charge in [0.15, 0.2) is 0 Å². The molecule has 0 saturated carbocycles. The first-order valence-electron chi connectivity index (χ1n) is 10.5. The van der Waals surface area contributed by atoms with E-state index < -0.39 is 5.82 Å². The molecule has 1 saturated heterocycles. The van der Waals surface area contributed by atoms with E-state index in [1.807, 2.05) is 4.90 Å². The first-order valence-corrected chi connectivity index (χ1v) is 10.9. The zero-order chi connectivity index (χ0) is 22.2. The van der Waals surface area contributed by atoms with E-state index in [0.717, 1.165) is 32.4 Å². The monoisotopic (exact) mass is 450 g/mol. The van der Waals surface area contributed by atoms with Gasteiger partial charge in [0.05, 0.1) is 16.2 Å². The van der Waals surface area contributed by atoms with Crippen molar-refractivity contribution in [2.75, 3.05) is 18.4 Å². The van der Waals surface area contributed by atoms with Gasteiger partial charge in [0.1, 0.15) is 17.3 Å². The molecular weight excluding hydrogens is 431 g/mol. The Kier molecular flexibility index (Phi) is 5.31. The molecule has 7 heteroatoms. The Morgan fingerprint density at radius 3 is 2.69 bits per heavy atom. The maximum atomic E-state index is 13.7. The standard InChI is InChI=1S/C25H20ClFN2O3/c26-21-7-4-15(12-20(21)25(31)29-10-2-1-3-11-29)23-9-6-17(32-23)14-19-18-13-16(27)5-8-22(18)28-24(19)30/h4-9,12-14H,1-3,10-11H2,(H,28,30). The zero-order valence-electron chi connectivity index (χ0n) is 17.2. The summed E-state index contributed by atoms with van der Waals surface area (Å²) in [6.45, 7) is 1.48. The lowest BCUT2D eigenvalue weighted by Crippen LogP contribution is -2.35. The Balaban J connectivity index is 1.44. The Morgan fingerprint density at radius 1 is 1.06 bits per heavy atom. The van der Waals surface area contributed by atoms with E-state index >= 15 is 0 Å². The summed E-state index contributed by atoms with van der Waals surface area (Å²) in [5.41, 5.74) is 2.54. The van der Waals surface area contributed by atoms with E-state index in [0.29, 0.717) is 44.5 Å². The highest BCUT2D eigenvalue weighted by Crippen LogP contribution is 2.35. The van der Waals surface area contributed by atoms with Crippen molar-refractivity contribution in [2.24, 2.45) is 0 Å². The predicted molar refractivity (Wildman–Crippen MR) is 122 cm³/mol. The van der Waals surface area contributed by atoms with Gasteiger partial charge in [-0.05, 0) is 73.9 Å². The first kappa shape index (κ1) is 20.5. The molecule has 0 radical (unpaired) electrons. The molecule has 0 unspecified atom stereocenters. The quantitative estimate of drug-likeness (QED) is 0.508. The smallest absolute Gasteiger partial charge is 0.256 e. The molecule has 5 nitrogen and oxygen atoms in total. The molecule has 0 atom stereocenters. The van der Waals surface area contributed by atoms with Crippen molar-refractivity contribution in [1.82, 2.24) is 4.90 Å². The van der Waals surface area contributed by atoms with Crippen molar-refractivity contribution in [3.63, 3.8) is 0 Å². The second-order valence-electron chi connectivity index (χ2n) is 7.95. The summed E-state index contributed by atoms with van der Waals surface area (Å²) in [5.74, 6) is 0.176. The number of carbonyl (C=O) groups excluding carboxylic acids is 2. The second-order valence-corrected chi connectivity index (χ2v) is 8.36. The summed E-state index contributed by atoms with van der Waals surface area (Å²) < 4.78 is 19.6. The molecule has 2 aromatic carbocycles. The number of halogens is 2. The minimum atomic E-state index is -0.418. The summed E-state index contributed by atoms with van der Waals surface area (Å²) >= 11 is 6.33. The van der Waals surface area contributed by atoms with Crippen LogP contribution >= 0.6 is 11.6 Å². The Hall–Kier alpha value is -3.38. The number of nitrogens with one attached hydrogen (secondary N) is 1. The fourth-order valence-electron chi connectivity index (χ4n) is 4.14. The fraction of sp³-hybridized carbons (Fsp3) is 0.200. The molecule has 5 rings (SSSR count). The number of nitrogens with zero attached hydrogens (tertiary/aromatic N) is 1. The molecule has 32 heavy (non-hydrogen) atoms. The SMILES string of the molecule is O=C1Nc2ccc(F)cc2C1=Cc1ccc(-c2ccc(Cl)c(C(=O)N3CCCCC3)c2)o1. The van der Waals surface area contributed by atoms with E-state index in [2.05, 4.69) is 5.32 Å². The highest BCUT2D eigenvalue weighted by atomic mass is 35.5. The summed E-state index contributed by atoms with van der Waals surface area (Å²) in [6.07, 6.45) is 4.72. The second kappa shape index (κ2) is 8.28. The zero-order valence-corrected chi connectivity index (χ0v) is 17.9. The van der Waals surface area contributed by atoms with Crippen LogP contribution in [-0.2, 0) is 4.79 Å². The van der Waals surface area contributed by atoms with Gasteiger partial charge in [0.2, 0.25) is 0 Å². The van der Waals surface area contributed by atoms with Crippen molar-refractivity contribution in [3.8, 4) is 11.3 Å². The van der Waals surface area contributed by atoms with Crippen LogP contribution in [0.3, 0.4) is 0 Å². The molecule has 2 amide bonds. The van der Waals surface area contributed by atoms with Gasteiger partial charge in [-0.15, -0.1) is 0 Å². The average molecular weight is 451 g/mol. The van der Waals surface area contributed by atoms with Gasteiger partial charge in [0, 0.05) is 29.9 Å². The van der Waals surface area contributed by atoms with Crippen molar-refractivity contribution in [3.05, 3.63) is 76.3 Å². The van der Waals surface area contributed by atoms with Crippen LogP contribution < -0.4 is 5.32 Å². The number of hydrogen-bond acceptors (Lipinski definition) is 3. The molecule has 1 fully saturated rings. The minimum Gasteiger partial charge on any atom is -0.457 e. The lowest BCUT2D eigenvalue weighted by molar-refractivity contribution is -0.110. The predicted octanol–water partition coefficient (Wildman–Crippen LogP) is 5.86. The molecule has 162 valence electrons. The van der Waals surface area contributed by atoms with E-state index in [1.54, 1.807) is 36.4 Å². The third-order valence-corrected chi connectivity index (χ3v) is 6.13. The van der Waals surface area contributed by atoms with Crippen molar-refractivity contribution in [2.45, 2.75) is 19.3 Å². The fourth-order valence-corrected chi connectivity index (χ4v) is 4.34. The van der Waals surface area contributed by atoms with Crippen LogP contribution in [0.5, 0.6) is 0 Å². The first-order chi connectivity index (χ1) is 15.5. The molecule has 2 aliphatic heterocycles. The van der Waals surface area contributed by atoms with Crippen molar-refractivity contribution in [1.29, 1.82) is 0 Å². The molecule has 1 N–H and O–H groups in total. The summed E-state index contributed by atoms with van der Waals surface area (Å²) in [6, 6.07) is 12.9. The maximum Gasteiger partial charge on any atom is 0.256 e. The number of rotatable bonds is 3. The van der Waals surface area contributed by atoms with Gasteiger partial charge in [-0.25, -0.2) is 4.39 Å². The van der Waals surface area contributed by atoms with Gasteiger partial charge >= 0.3 is 0 Å². The largest absolute Gasteiger partial charge is 0.457 e. The third kappa shape index (κ3) is 3.82. The van der Waals surface area contributed by atoms with Crippen LogP contribution in [0.25, 0.3) is 23.0 Å². The van der Waals surface area contributed by atoms with Gasteiger partial charge in [-0.1, -0.05) is 11.6 Å². The number of amides is 2. The van der Waals surface area contributed by atoms with E-state index in [-0.39, 0.29) is 11.8 Å². The Morgan fingerprint density at radius 2 is 1.88 bits per heavy atom. The normalized spacial score (nSPS) is 16.9. The van der Waals surface area contributed by atoms with Crippen molar-refractivity contribution < 1.29 is 18.4 Å². The average Bonchev–Trinajstić information content (AvgIpc) is 3.39. The molecule has 2 aliphatic rings. The van der Waals surface area contributed by atoms with E-state index in [9.17, 15) is 14.0 Å². The number of fused-ring (bicyclic) bond motifs is 1. The highest BCUT2D eigenvalue weighted by molar-refractivity contribution is 6.35. The highest BCUT2D eigenvalue weighted by Gasteiger charge is 2.25. The number of likely N-dealkylation sites (tertiary alicyclic amines) is 1. The summed E-state index contributed by atoms with van der Waals surface area (Å²) in [7, 11) is 0. The molecule has 0 spiro atoms. The molecule has 0 aliphatic carbocycles. The Labute approximate surface area is 189 Å². The van der Waals surface area contributed by atoms with Crippen LogP contribution in [0.4, 0.5) is 10.1 Å². The van der Waals surface area contributed by atoms with Gasteiger partial charge in [-0.2, -0.15) is 0 Å². The summed E-state index contributed by atoms with van der Waals surface area (Å²) in [4.78, 5) is 27.1. The molecule has 3 heterocycles. The molecule has 3 aromatic rings. The van der Waals surface area contributed by atoms with E-state index in [4.69, 9.17) is 16.0 Å². The van der Waals surface area contributed by atoms with Crippen LogP contribution in [0.1, 0.15) is 40.9 Å². The van der Waals surface area contributed by atoms with Gasteiger partial charge in [-0.3, -0.25) is 9.59 Å². The number of anilines is 1. The van der Waals surface area contributed by atoms with Gasteiger partial charge < -0.3 is 14.6 Å². The number of benzene rings is 2. The van der Waals surface area contributed by atoms with Crippen LogP contribution in [-0.4, -0.2) is 29.8 Å². The summed E-state index contributed by atoms with van der Waals surface area (Å²) in [5, 5.41) is 3.12. The van der Waals surface area contributed by atoms with Gasteiger partial charge in [0.25, 0.3) is 11.8 Å². The number of carbonyl (C=O) groups is 2. The number of furan rings is 1. The number of piperidine rings is 1. The van der Waals surface area contributed by atoms with Crippen LogP contribution in [0.15, 0.2) is 52.9 Å². The third-order valence-electron chi connectivity index (χ3n) is 5.80. The molecule has 0 bridgehead atoms. The number of hydrogen-bond donors (Lipinski definition) is 1. The van der Waals surface area contributed by atoms with Crippen molar-refractivity contribution >= 4 is 40.8 Å². The van der Waals surface area contributed by atoms with E-state index in [1.165, 1.54) is 18.2 Å². The molecule has 1 aromatic heterocycles. The lowest BCUT2D eigenvalue weighted by atomic mass is 10.1. The van der Waals surface area contributed by atoms with Crippen LogP contribution in [0.2, 0.25) is 5.02 Å².